The van der Waals surface area contributed by atoms with Gasteiger partial charge in [0.1, 0.15) is 5.75 Å². The van der Waals surface area contributed by atoms with Gasteiger partial charge in [-0.15, -0.1) is 0 Å². The second-order valence-electron chi connectivity index (χ2n) is 3.05. The molecule has 2 heteroatoms. The van der Waals surface area contributed by atoms with E-state index in [2.05, 4.69) is 34.1 Å². The van der Waals surface area contributed by atoms with Crippen LogP contribution >= 0.6 is 15.9 Å². The second-order valence-corrected chi connectivity index (χ2v) is 4.23. The normalized spacial score (nSPS) is 23.6. The van der Waals surface area contributed by atoms with E-state index in [9.17, 15) is 0 Å². The van der Waals surface area contributed by atoms with Gasteiger partial charge in [-0.3, -0.25) is 0 Å². The number of benzene rings is 1. The van der Waals surface area contributed by atoms with Gasteiger partial charge in [-0.05, 0) is 12.5 Å². The van der Waals surface area contributed by atoms with Gasteiger partial charge in [0, 0.05) is 10.4 Å². The van der Waals surface area contributed by atoms with Gasteiger partial charge in [-0.2, -0.15) is 0 Å². The van der Waals surface area contributed by atoms with Gasteiger partial charge >= 0.3 is 0 Å². The predicted molar refractivity (Wildman–Crippen MR) is 58.3 cm³/mol. The number of ether oxygens (including phenoxy) is 1. The Morgan fingerprint density at radius 1 is 1.31 bits per heavy atom. The number of rotatable bonds is 0. The molecule has 1 heterocycles. The summed E-state index contributed by atoms with van der Waals surface area (Å²) >= 11 is 3.56. The largest absolute Gasteiger partial charge is 0.493 e. The summed E-state index contributed by atoms with van der Waals surface area (Å²) in [4.78, 5) is 0.431. The molecule has 0 aromatic heterocycles. The Balaban J connectivity index is 2.34. The monoisotopic (exact) mass is 238 g/mol. The Bertz CT molecular complexity index is 320. The van der Waals surface area contributed by atoms with Crippen LogP contribution in [0.3, 0.4) is 0 Å². The molecule has 1 aliphatic rings. The molecule has 1 aromatic rings. The van der Waals surface area contributed by atoms with Crippen molar-refractivity contribution < 1.29 is 4.74 Å². The Labute approximate surface area is 86.5 Å². The minimum atomic E-state index is 0.431. The van der Waals surface area contributed by atoms with E-state index in [0.717, 1.165) is 24.3 Å². The van der Waals surface area contributed by atoms with Crippen LogP contribution in [0.2, 0.25) is 0 Å². The molecule has 1 nitrogen and oxygen atoms in total. The van der Waals surface area contributed by atoms with Crippen LogP contribution in [-0.4, -0.2) is 11.4 Å². The summed E-state index contributed by atoms with van der Waals surface area (Å²) in [5, 5.41) is 0. The maximum Gasteiger partial charge on any atom is 0.126 e. The van der Waals surface area contributed by atoms with Crippen molar-refractivity contribution in [1.82, 2.24) is 0 Å². The molecule has 0 fully saturated rings. The van der Waals surface area contributed by atoms with Crippen LogP contribution in [0.25, 0.3) is 6.08 Å². The number of allylic oxidation sites excluding steroid dienone is 1. The van der Waals surface area contributed by atoms with Crippen molar-refractivity contribution in [1.29, 1.82) is 0 Å². The molecule has 1 aromatic carbocycles. The Kier molecular flexibility index (Phi) is 2.69. The Morgan fingerprint density at radius 3 is 3.08 bits per heavy atom. The van der Waals surface area contributed by atoms with Crippen LogP contribution in [-0.2, 0) is 0 Å². The number of hydrogen-bond donors (Lipinski definition) is 0. The Hall–Kier alpha value is -0.760. The van der Waals surface area contributed by atoms with E-state index in [1.807, 2.05) is 18.2 Å². The summed E-state index contributed by atoms with van der Waals surface area (Å²) in [6.07, 6.45) is 5.29. The van der Waals surface area contributed by atoms with Gasteiger partial charge < -0.3 is 4.74 Å². The number of halogens is 1. The highest BCUT2D eigenvalue weighted by molar-refractivity contribution is 9.09. The molecule has 1 atom stereocenters. The first-order valence-corrected chi connectivity index (χ1v) is 5.32. The van der Waals surface area contributed by atoms with Crippen LogP contribution in [0.1, 0.15) is 12.0 Å². The van der Waals surface area contributed by atoms with Gasteiger partial charge in [0.05, 0.1) is 6.61 Å². The third kappa shape index (κ3) is 2.13. The Morgan fingerprint density at radius 2 is 2.15 bits per heavy atom. The zero-order valence-electron chi connectivity index (χ0n) is 7.24. The first-order chi connectivity index (χ1) is 6.36. The molecule has 2 rings (SSSR count). The maximum atomic E-state index is 5.62. The average molecular weight is 239 g/mol. The molecule has 0 radical (unpaired) electrons. The first-order valence-electron chi connectivity index (χ1n) is 4.40. The number of hydrogen-bond acceptors (Lipinski definition) is 1. The van der Waals surface area contributed by atoms with Crippen molar-refractivity contribution in [2.24, 2.45) is 0 Å². The summed E-state index contributed by atoms with van der Waals surface area (Å²) in [6, 6.07) is 8.10. The van der Waals surface area contributed by atoms with Crippen molar-refractivity contribution in [3.8, 4) is 5.75 Å². The number of fused-ring (bicyclic) bond motifs is 1. The minimum Gasteiger partial charge on any atom is -0.493 e. The zero-order chi connectivity index (χ0) is 9.10. The summed E-state index contributed by atoms with van der Waals surface area (Å²) in [7, 11) is 0. The van der Waals surface area contributed by atoms with Gasteiger partial charge in [-0.25, -0.2) is 0 Å². The standard InChI is InChI=1S/C11H11BrO/c12-10-6-5-9-3-1-2-4-11(9)13-8-7-10/h1-6,10H,7-8H2/b6-5-. The molecule has 13 heavy (non-hydrogen) atoms. The summed E-state index contributed by atoms with van der Waals surface area (Å²) in [5.41, 5.74) is 1.16. The highest BCUT2D eigenvalue weighted by atomic mass is 79.9. The molecular weight excluding hydrogens is 228 g/mol. The minimum absolute atomic E-state index is 0.431. The molecule has 0 aliphatic carbocycles. The summed E-state index contributed by atoms with van der Waals surface area (Å²) < 4.78 is 5.62. The highest BCUT2D eigenvalue weighted by Gasteiger charge is 2.06. The zero-order valence-corrected chi connectivity index (χ0v) is 8.83. The van der Waals surface area contributed by atoms with Crippen molar-refractivity contribution in [3.63, 3.8) is 0 Å². The number of alkyl halides is 1. The van der Waals surface area contributed by atoms with Crippen molar-refractivity contribution in [2.75, 3.05) is 6.61 Å². The van der Waals surface area contributed by atoms with Gasteiger partial charge in [-0.1, -0.05) is 46.3 Å². The van der Waals surface area contributed by atoms with E-state index in [0.29, 0.717) is 4.83 Å². The fourth-order valence-electron chi connectivity index (χ4n) is 1.34. The molecule has 68 valence electrons. The van der Waals surface area contributed by atoms with Crippen LogP contribution < -0.4 is 4.74 Å². The van der Waals surface area contributed by atoms with Gasteiger partial charge in [0.15, 0.2) is 0 Å². The van der Waals surface area contributed by atoms with Crippen molar-refractivity contribution >= 4 is 22.0 Å². The lowest BCUT2D eigenvalue weighted by Gasteiger charge is -2.13. The molecule has 0 amide bonds. The quantitative estimate of drug-likeness (QED) is 0.631. The lowest BCUT2D eigenvalue weighted by atomic mass is 10.1. The van der Waals surface area contributed by atoms with E-state index in [1.54, 1.807) is 0 Å². The molecule has 0 N–H and O–H groups in total. The second kappa shape index (κ2) is 3.97. The predicted octanol–water partition coefficient (Wildman–Crippen LogP) is 3.25. The molecule has 1 aliphatic heterocycles. The molecule has 0 bridgehead atoms. The fraction of sp³-hybridized carbons (Fsp3) is 0.273. The SMILES string of the molecule is BrC1/C=C\c2ccccc2OCC1. The van der Waals surface area contributed by atoms with Gasteiger partial charge in [0.25, 0.3) is 0 Å². The van der Waals surface area contributed by atoms with Crippen molar-refractivity contribution in [2.45, 2.75) is 11.2 Å². The molecule has 1 unspecified atom stereocenters. The van der Waals surface area contributed by atoms with Crippen LogP contribution in [0.5, 0.6) is 5.75 Å². The van der Waals surface area contributed by atoms with E-state index < -0.39 is 0 Å². The van der Waals surface area contributed by atoms with Gasteiger partial charge in [0.2, 0.25) is 0 Å². The third-order valence-electron chi connectivity index (χ3n) is 2.05. The fourth-order valence-corrected chi connectivity index (χ4v) is 1.67. The molecule has 0 saturated carbocycles. The van der Waals surface area contributed by atoms with E-state index in [-0.39, 0.29) is 0 Å². The van der Waals surface area contributed by atoms with E-state index in [1.165, 1.54) is 0 Å². The molecular formula is C11H11BrO. The van der Waals surface area contributed by atoms with Crippen molar-refractivity contribution in [3.05, 3.63) is 35.9 Å². The topological polar surface area (TPSA) is 9.23 Å². The average Bonchev–Trinajstić information content (AvgIpc) is 2.13. The van der Waals surface area contributed by atoms with E-state index in [4.69, 9.17) is 4.74 Å². The lowest BCUT2D eigenvalue weighted by Crippen LogP contribution is -2.06. The van der Waals surface area contributed by atoms with Crippen LogP contribution in [0.15, 0.2) is 30.3 Å². The van der Waals surface area contributed by atoms with E-state index >= 15 is 0 Å². The van der Waals surface area contributed by atoms with Crippen LogP contribution in [0, 0.1) is 0 Å². The number of para-hydroxylation sites is 1. The summed E-state index contributed by atoms with van der Waals surface area (Å²) in [6.45, 7) is 0.775. The molecule has 0 saturated heterocycles. The first kappa shape index (κ1) is 8.82. The smallest absolute Gasteiger partial charge is 0.126 e. The summed E-state index contributed by atoms with van der Waals surface area (Å²) in [5.74, 6) is 0.984. The maximum absolute atomic E-state index is 5.62. The molecule has 0 spiro atoms. The highest BCUT2D eigenvalue weighted by Crippen LogP contribution is 2.23. The lowest BCUT2D eigenvalue weighted by molar-refractivity contribution is 0.312. The third-order valence-corrected chi connectivity index (χ3v) is 2.82. The van der Waals surface area contributed by atoms with Crippen LogP contribution in [0.4, 0.5) is 0 Å².